The molecule has 0 aliphatic rings. The van der Waals surface area contributed by atoms with Crippen LogP contribution in [-0.2, 0) is 0 Å². The Morgan fingerprint density at radius 2 is 1.77 bits per heavy atom. The molecule has 0 atom stereocenters. The molecular formula is C21H23Cl. The van der Waals surface area contributed by atoms with Gasteiger partial charge in [-0.2, -0.15) is 0 Å². The third-order valence-corrected chi connectivity index (χ3v) is 4.36. The van der Waals surface area contributed by atoms with Gasteiger partial charge in [0.05, 0.1) is 0 Å². The van der Waals surface area contributed by atoms with Crippen LogP contribution in [0.1, 0.15) is 37.8 Å². The van der Waals surface area contributed by atoms with Gasteiger partial charge in [0.15, 0.2) is 0 Å². The number of benzene rings is 2. The lowest BCUT2D eigenvalue weighted by Gasteiger charge is -2.11. The number of aryl methyl sites for hydroxylation is 1. The molecule has 2 aromatic rings. The standard InChI is InChI=1S/C21H23Cl/c1-5-15(2)6-7-16(3)19-10-13-21(17(4)14-19)18-8-11-20(22)12-9-18/h5,8-14H,3,6-7H2,1-2,4H3/b15-5-. The Morgan fingerprint density at radius 1 is 1.09 bits per heavy atom. The highest BCUT2D eigenvalue weighted by Gasteiger charge is 2.05. The molecule has 0 nitrogen and oxygen atoms in total. The van der Waals surface area contributed by atoms with Crippen LogP contribution in [0.2, 0.25) is 5.02 Å². The Balaban J connectivity index is 2.19. The molecule has 0 N–H and O–H groups in total. The van der Waals surface area contributed by atoms with E-state index >= 15 is 0 Å². The molecule has 0 saturated carbocycles. The van der Waals surface area contributed by atoms with Crippen molar-refractivity contribution in [2.75, 3.05) is 0 Å². The molecule has 2 aromatic carbocycles. The second-order valence-electron chi connectivity index (χ2n) is 5.78. The lowest BCUT2D eigenvalue weighted by atomic mass is 9.94. The summed E-state index contributed by atoms with van der Waals surface area (Å²) in [6.07, 6.45) is 4.26. The zero-order valence-electron chi connectivity index (χ0n) is 13.6. The Labute approximate surface area is 139 Å². The average Bonchev–Trinajstić information content (AvgIpc) is 2.53. The van der Waals surface area contributed by atoms with Gasteiger partial charge in [-0.05, 0) is 73.6 Å². The Bertz CT molecular complexity index is 690. The van der Waals surface area contributed by atoms with Gasteiger partial charge >= 0.3 is 0 Å². The quantitative estimate of drug-likeness (QED) is 0.518. The zero-order valence-corrected chi connectivity index (χ0v) is 14.4. The Kier molecular flexibility index (Phi) is 5.63. The molecule has 0 radical (unpaired) electrons. The summed E-state index contributed by atoms with van der Waals surface area (Å²) in [4.78, 5) is 0. The van der Waals surface area contributed by atoms with Gasteiger partial charge in [0, 0.05) is 5.02 Å². The minimum absolute atomic E-state index is 0.769. The molecule has 0 aromatic heterocycles. The number of hydrogen-bond acceptors (Lipinski definition) is 0. The van der Waals surface area contributed by atoms with E-state index in [9.17, 15) is 0 Å². The number of allylic oxidation sites excluding steroid dienone is 3. The first kappa shape index (κ1) is 16.6. The normalized spacial score (nSPS) is 11.5. The predicted octanol–water partition coefficient (Wildman–Crippen LogP) is 7.08. The van der Waals surface area contributed by atoms with Gasteiger partial charge in [-0.15, -0.1) is 0 Å². The summed E-state index contributed by atoms with van der Waals surface area (Å²) >= 11 is 5.96. The van der Waals surface area contributed by atoms with Gasteiger partial charge in [-0.3, -0.25) is 0 Å². The van der Waals surface area contributed by atoms with E-state index in [0.29, 0.717) is 0 Å². The van der Waals surface area contributed by atoms with Gasteiger partial charge in [0.1, 0.15) is 0 Å². The van der Waals surface area contributed by atoms with Crippen molar-refractivity contribution in [2.45, 2.75) is 33.6 Å². The first-order chi connectivity index (χ1) is 10.5. The highest BCUT2D eigenvalue weighted by Crippen LogP contribution is 2.29. The van der Waals surface area contributed by atoms with Crippen LogP contribution in [0.4, 0.5) is 0 Å². The van der Waals surface area contributed by atoms with Gasteiger partial charge in [-0.1, -0.05) is 60.2 Å². The smallest absolute Gasteiger partial charge is 0.0406 e. The van der Waals surface area contributed by atoms with Crippen LogP contribution in [0.15, 0.2) is 60.7 Å². The van der Waals surface area contributed by atoms with E-state index in [0.717, 1.165) is 17.9 Å². The monoisotopic (exact) mass is 310 g/mol. The lowest BCUT2D eigenvalue weighted by Crippen LogP contribution is -1.89. The van der Waals surface area contributed by atoms with E-state index in [1.807, 2.05) is 12.1 Å². The SMILES string of the molecule is C=C(CC/C(C)=C\C)c1ccc(-c2ccc(Cl)cc2)c(C)c1. The summed E-state index contributed by atoms with van der Waals surface area (Å²) in [6, 6.07) is 14.6. The lowest BCUT2D eigenvalue weighted by molar-refractivity contribution is 0.989. The molecule has 0 bridgehead atoms. The van der Waals surface area contributed by atoms with Crippen LogP contribution >= 0.6 is 11.6 Å². The molecule has 114 valence electrons. The third-order valence-electron chi connectivity index (χ3n) is 4.10. The molecule has 22 heavy (non-hydrogen) atoms. The van der Waals surface area contributed by atoms with Gasteiger partial charge in [-0.25, -0.2) is 0 Å². The van der Waals surface area contributed by atoms with Crippen molar-refractivity contribution in [3.8, 4) is 11.1 Å². The molecule has 0 aliphatic carbocycles. The fourth-order valence-electron chi connectivity index (χ4n) is 2.47. The molecule has 0 spiro atoms. The van der Waals surface area contributed by atoms with E-state index < -0.39 is 0 Å². The van der Waals surface area contributed by atoms with Crippen molar-refractivity contribution in [2.24, 2.45) is 0 Å². The van der Waals surface area contributed by atoms with Gasteiger partial charge in [0.2, 0.25) is 0 Å². The fourth-order valence-corrected chi connectivity index (χ4v) is 2.60. The largest absolute Gasteiger partial charge is 0.0952 e. The maximum Gasteiger partial charge on any atom is 0.0406 e. The molecule has 0 amide bonds. The highest BCUT2D eigenvalue weighted by atomic mass is 35.5. The molecule has 0 unspecified atom stereocenters. The van der Waals surface area contributed by atoms with Gasteiger partial charge in [0.25, 0.3) is 0 Å². The molecule has 1 heteroatoms. The molecular weight excluding hydrogens is 288 g/mol. The topological polar surface area (TPSA) is 0 Å². The second kappa shape index (κ2) is 7.47. The second-order valence-corrected chi connectivity index (χ2v) is 6.21. The maximum absolute atomic E-state index is 5.96. The highest BCUT2D eigenvalue weighted by molar-refractivity contribution is 6.30. The Hall–Kier alpha value is -1.79. The van der Waals surface area contributed by atoms with E-state index in [1.54, 1.807) is 0 Å². The average molecular weight is 311 g/mol. The molecule has 0 saturated heterocycles. The number of halogens is 1. The van der Waals surface area contributed by atoms with Crippen molar-refractivity contribution >= 4 is 17.2 Å². The van der Waals surface area contributed by atoms with E-state index in [-0.39, 0.29) is 0 Å². The van der Waals surface area contributed by atoms with Crippen LogP contribution in [-0.4, -0.2) is 0 Å². The van der Waals surface area contributed by atoms with Crippen molar-refractivity contribution < 1.29 is 0 Å². The first-order valence-corrected chi connectivity index (χ1v) is 8.05. The maximum atomic E-state index is 5.96. The summed E-state index contributed by atoms with van der Waals surface area (Å²) in [7, 11) is 0. The summed E-state index contributed by atoms with van der Waals surface area (Å²) in [5, 5.41) is 0.769. The van der Waals surface area contributed by atoms with Crippen LogP contribution in [0.25, 0.3) is 16.7 Å². The molecule has 0 fully saturated rings. The summed E-state index contributed by atoms with van der Waals surface area (Å²) in [5.41, 5.74) is 7.56. The summed E-state index contributed by atoms with van der Waals surface area (Å²) in [6.45, 7) is 10.6. The van der Waals surface area contributed by atoms with Crippen molar-refractivity contribution in [1.82, 2.24) is 0 Å². The van der Waals surface area contributed by atoms with Gasteiger partial charge < -0.3 is 0 Å². The van der Waals surface area contributed by atoms with E-state index in [1.165, 1.54) is 33.4 Å². The summed E-state index contributed by atoms with van der Waals surface area (Å²) in [5.74, 6) is 0. The zero-order chi connectivity index (χ0) is 16.1. The number of rotatable bonds is 5. The van der Waals surface area contributed by atoms with Crippen LogP contribution in [0.5, 0.6) is 0 Å². The molecule has 0 heterocycles. The Morgan fingerprint density at radius 3 is 2.36 bits per heavy atom. The van der Waals surface area contributed by atoms with Crippen molar-refractivity contribution in [3.05, 3.63) is 76.8 Å². The fraction of sp³-hybridized carbons (Fsp3) is 0.238. The van der Waals surface area contributed by atoms with Crippen LogP contribution in [0.3, 0.4) is 0 Å². The van der Waals surface area contributed by atoms with Crippen LogP contribution < -0.4 is 0 Å². The number of hydrogen-bond donors (Lipinski definition) is 0. The van der Waals surface area contributed by atoms with Crippen molar-refractivity contribution in [1.29, 1.82) is 0 Å². The molecule has 0 aliphatic heterocycles. The van der Waals surface area contributed by atoms with E-state index in [4.69, 9.17) is 11.6 Å². The minimum atomic E-state index is 0.769. The predicted molar refractivity (Wildman–Crippen MR) is 99.3 cm³/mol. The van der Waals surface area contributed by atoms with Crippen LogP contribution in [0, 0.1) is 6.92 Å². The van der Waals surface area contributed by atoms with E-state index in [2.05, 4.69) is 63.8 Å². The third kappa shape index (κ3) is 4.11. The van der Waals surface area contributed by atoms with Crippen molar-refractivity contribution in [3.63, 3.8) is 0 Å². The molecule has 2 rings (SSSR count). The summed E-state index contributed by atoms with van der Waals surface area (Å²) < 4.78 is 0. The minimum Gasteiger partial charge on any atom is -0.0952 e. The first-order valence-electron chi connectivity index (χ1n) is 7.68.